The van der Waals surface area contributed by atoms with Crippen molar-refractivity contribution in [2.24, 2.45) is 0 Å². The van der Waals surface area contributed by atoms with Crippen LogP contribution in [-0.2, 0) is 19.6 Å². The second-order valence-corrected chi connectivity index (χ2v) is 15.3. The van der Waals surface area contributed by atoms with E-state index in [9.17, 15) is 13.2 Å². The summed E-state index contributed by atoms with van der Waals surface area (Å²) in [6.45, 7) is 10.5. The summed E-state index contributed by atoms with van der Waals surface area (Å²) in [7, 11) is 0.200. The number of hydrogen-bond donors (Lipinski definition) is 2. The van der Waals surface area contributed by atoms with Crippen molar-refractivity contribution in [1.29, 1.82) is 0 Å². The van der Waals surface area contributed by atoms with Gasteiger partial charge in [-0.15, -0.1) is 0 Å². The molecule has 1 aliphatic heterocycles. The zero-order valence-electron chi connectivity index (χ0n) is 25.4. The molecule has 0 aliphatic carbocycles. The minimum Gasteiger partial charge on any atom is -0.459 e. The van der Waals surface area contributed by atoms with Gasteiger partial charge in [-0.25, -0.2) is 8.42 Å². The van der Waals surface area contributed by atoms with Gasteiger partial charge >= 0.3 is 5.97 Å². The molecule has 2 N–H and O–H groups in total. The number of ether oxygens (including phenoxy) is 1. The normalized spacial score (nSPS) is 14.5. The molecule has 232 valence electrons. The molecular weight excluding hydrogens is 628 g/mol. The highest BCUT2D eigenvalue weighted by molar-refractivity contribution is 7.92. The van der Waals surface area contributed by atoms with Crippen molar-refractivity contribution in [2.75, 3.05) is 38.0 Å². The summed E-state index contributed by atoms with van der Waals surface area (Å²) in [4.78, 5) is 15.0. The molecule has 43 heavy (non-hydrogen) atoms. The van der Waals surface area contributed by atoms with Crippen LogP contribution in [0.5, 0.6) is 0 Å². The number of carbonyl (C=O) groups is 1. The molecule has 0 saturated carbocycles. The Hall–Kier alpha value is -2.75. The van der Waals surface area contributed by atoms with E-state index in [-0.39, 0.29) is 14.9 Å². The number of sulfonamides is 1. The summed E-state index contributed by atoms with van der Waals surface area (Å²) in [6, 6.07) is 9.43. The van der Waals surface area contributed by atoms with Gasteiger partial charge in [-0.2, -0.15) is 0 Å². The molecule has 1 atom stereocenters. The number of aromatic nitrogens is 1. The third-order valence-electron chi connectivity index (χ3n) is 6.76. The van der Waals surface area contributed by atoms with Crippen molar-refractivity contribution < 1.29 is 17.9 Å². The number of aryl methyl sites for hydroxylation is 1. The first-order valence-corrected chi connectivity index (χ1v) is 16.9. The molecule has 9 nitrogen and oxygen atoms in total. The maximum Gasteiger partial charge on any atom is 0.327 e. The Morgan fingerprint density at radius 2 is 1.74 bits per heavy atom. The molecule has 2 heterocycles. The second kappa shape index (κ2) is 13.1. The first-order chi connectivity index (χ1) is 20.1. The van der Waals surface area contributed by atoms with Crippen molar-refractivity contribution in [3.63, 3.8) is 0 Å². The van der Waals surface area contributed by atoms with Gasteiger partial charge in [-0.1, -0.05) is 23.2 Å². The fourth-order valence-electron chi connectivity index (χ4n) is 4.66. The van der Waals surface area contributed by atoms with Crippen LogP contribution >= 0.6 is 31.9 Å². The molecule has 0 amide bonds. The van der Waals surface area contributed by atoms with Gasteiger partial charge in [0.2, 0.25) is 0 Å². The van der Waals surface area contributed by atoms with Crippen LogP contribution in [-0.4, -0.2) is 63.2 Å². The van der Waals surface area contributed by atoms with E-state index in [0.29, 0.717) is 14.4 Å². The number of likely N-dealkylation sites (N-methyl/N-ethyl adjacent to an activating group) is 1. The molecule has 2 aromatic carbocycles. The third-order valence-corrected chi connectivity index (χ3v) is 9.94. The summed E-state index contributed by atoms with van der Waals surface area (Å²) in [5.41, 5.74) is 3.55. The molecule has 1 aromatic heterocycles. The molecule has 0 saturated heterocycles. The number of halogens is 2. The SMILES string of the molecule is Cc1c(C)n(C2=CC=C(NCCN(C)C)PN2)c2ccc(N(CC(=O)OC(C)(C)C)S(=O)(=O)c3cc(Cl)cc(Cl)c3)cc12. The van der Waals surface area contributed by atoms with Crippen molar-refractivity contribution in [3.8, 4) is 0 Å². The fraction of sp³-hybridized carbons (Fsp3) is 0.367. The van der Waals surface area contributed by atoms with Crippen LogP contribution in [0.4, 0.5) is 5.69 Å². The molecular formula is C30H38Cl2N5O4PS. The summed E-state index contributed by atoms with van der Waals surface area (Å²) in [6.07, 6.45) is 4.12. The summed E-state index contributed by atoms with van der Waals surface area (Å²) in [5.74, 6) is 0.237. The Balaban J connectivity index is 1.76. The first-order valence-electron chi connectivity index (χ1n) is 13.7. The highest BCUT2D eigenvalue weighted by atomic mass is 35.5. The van der Waals surface area contributed by atoms with E-state index in [1.54, 1.807) is 32.9 Å². The van der Waals surface area contributed by atoms with Gasteiger partial charge in [-0.05, 0) is 103 Å². The minimum absolute atomic E-state index is 0.126. The van der Waals surface area contributed by atoms with Crippen LogP contribution in [0.3, 0.4) is 0 Å². The Labute approximate surface area is 265 Å². The number of carbonyl (C=O) groups excluding carboxylic acids is 1. The van der Waals surface area contributed by atoms with E-state index in [0.717, 1.165) is 50.8 Å². The Bertz CT molecular complexity index is 1690. The molecule has 0 spiro atoms. The lowest BCUT2D eigenvalue weighted by Gasteiger charge is -2.27. The lowest BCUT2D eigenvalue weighted by molar-refractivity contribution is -0.152. The number of hydrogen-bond acceptors (Lipinski definition) is 7. The van der Waals surface area contributed by atoms with Gasteiger partial charge in [0.25, 0.3) is 10.0 Å². The van der Waals surface area contributed by atoms with E-state index in [1.807, 2.05) is 40.1 Å². The molecule has 1 unspecified atom stereocenters. The zero-order chi connectivity index (χ0) is 31.7. The molecule has 0 radical (unpaired) electrons. The van der Waals surface area contributed by atoms with E-state index in [4.69, 9.17) is 27.9 Å². The molecule has 0 bridgehead atoms. The van der Waals surface area contributed by atoms with E-state index in [1.165, 1.54) is 18.2 Å². The zero-order valence-corrected chi connectivity index (χ0v) is 28.7. The number of allylic oxidation sites excluding steroid dienone is 2. The van der Waals surface area contributed by atoms with Crippen LogP contribution in [0, 0.1) is 13.8 Å². The topological polar surface area (TPSA) is 95.9 Å². The number of rotatable bonds is 10. The van der Waals surface area contributed by atoms with Crippen molar-refractivity contribution in [3.05, 3.63) is 75.3 Å². The van der Waals surface area contributed by atoms with Crippen LogP contribution < -0.4 is 14.7 Å². The van der Waals surface area contributed by atoms with E-state index in [2.05, 4.69) is 25.9 Å². The number of benzene rings is 2. The van der Waals surface area contributed by atoms with Gasteiger partial charge < -0.3 is 20.0 Å². The average Bonchev–Trinajstić information content (AvgIpc) is 3.15. The largest absolute Gasteiger partial charge is 0.459 e. The smallest absolute Gasteiger partial charge is 0.327 e. The Morgan fingerprint density at radius 3 is 2.33 bits per heavy atom. The van der Waals surface area contributed by atoms with Crippen LogP contribution in [0.1, 0.15) is 32.0 Å². The van der Waals surface area contributed by atoms with Crippen molar-refractivity contribution >= 4 is 70.3 Å². The van der Waals surface area contributed by atoms with Gasteiger partial charge in [0.05, 0.1) is 21.5 Å². The quantitative estimate of drug-likeness (QED) is 0.200. The average molecular weight is 667 g/mol. The standard InChI is InChI=1S/C30H38Cl2N5O4PS/c1-19-20(2)37(27-10-11-28(42-34-27)33-12-13-35(6)7)26-9-8-23(17-25(19)26)36(18-29(38)41-30(3,4)5)43(39,40)24-15-21(31)14-22(32)16-24/h8-11,14-17,33-34,42H,12-13,18H2,1-7H3. The highest BCUT2D eigenvalue weighted by Crippen LogP contribution is 2.36. The predicted octanol–water partition coefficient (Wildman–Crippen LogP) is 6.09. The van der Waals surface area contributed by atoms with E-state index >= 15 is 0 Å². The second-order valence-electron chi connectivity index (χ2n) is 11.6. The van der Waals surface area contributed by atoms with Crippen LogP contribution in [0.25, 0.3) is 16.7 Å². The maximum atomic E-state index is 14.0. The number of esters is 1. The predicted molar refractivity (Wildman–Crippen MR) is 179 cm³/mol. The fourth-order valence-corrected chi connectivity index (χ4v) is 7.63. The van der Waals surface area contributed by atoms with E-state index < -0.39 is 28.1 Å². The Morgan fingerprint density at radius 1 is 1.07 bits per heavy atom. The number of nitrogens with one attached hydrogen (secondary N) is 2. The van der Waals surface area contributed by atoms with Gasteiger partial charge in [0.1, 0.15) is 18.0 Å². The van der Waals surface area contributed by atoms with Gasteiger partial charge in [-0.3, -0.25) is 13.7 Å². The first kappa shape index (κ1) is 33.1. The molecule has 3 aromatic rings. The number of nitrogens with zero attached hydrogens (tertiary/aromatic N) is 3. The number of anilines is 1. The summed E-state index contributed by atoms with van der Waals surface area (Å²) < 4.78 is 36.6. The molecule has 4 rings (SSSR count). The molecule has 13 heteroatoms. The highest BCUT2D eigenvalue weighted by Gasteiger charge is 2.31. The van der Waals surface area contributed by atoms with Crippen molar-refractivity contribution in [1.82, 2.24) is 19.9 Å². The lowest BCUT2D eigenvalue weighted by atomic mass is 10.1. The van der Waals surface area contributed by atoms with Crippen molar-refractivity contribution in [2.45, 2.75) is 45.1 Å². The summed E-state index contributed by atoms with van der Waals surface area (Å²) in [5, 5.41) is 8.18. The number of fused-ring (bicyclic) bond motifs is 1. The molecule has 1 aliphatic rings. The monoisotopic (exact) mass is 665 g/mol. The van der Waals surface area contributed by atoms with Crippen LogP contribution in [0.15, 0.2) is 58.9 Å². The van der Waals surface area contributed by atoms with Gasteiger partial charge in [0.15, 0.2) is 0 Å². The maximum absolute atomic E-state index is 14.0. The minimum atomic E-state index is -4.26. The van der Waals surface area contributed by atoms with Crippen LogP contribution in [0.2, 0.25) is 10.0 Å². The summed E-state index contributed by atoms with van der Waals surface area (Å²) >= 11 is 12.3. The lowest BCUT2D eigenvalue weighted by Crippen LogP contribution is -2.39. The Kier molecular flexibility index (Phi) is 10.1. The van der Waals surface area contributed by atoms with Gasteiger partial charge in [0, 0.05) is 42.9 Å². The third kappa shape index (κ3) is 7.86. The molecule has 0 fully saturated rings.